The van der Waals surface area contributed by atoms with Crippen LogP contribution in [0.15, 0.2) is 30.6 Å². The molecule has 1 saturated heterocycles. The van der Waals surface area contributed by atoms with E-state index in [0.29, 0.717) is 0 Å². The number of ether oxygens (including phenoxy) is 1. The molecule has 3 aromatic rings. The van der Waals surface area contributed by atoms with Crippen molar-refractivity contribution in [1.29, 1.82) is 0 Å². The highest BCUT2D eigenvalue weighted by Crippen LogP contribution is 2.31. The SMILES string of the molecule is Cc1ccc(-n2c(C)c(C)c3c(NCCN4CCOCC4)ncnc32)cc1. The Kier molecular flexibility index (Phi) is 5.09. The molecular weight excluding hydrogens is 338 g/mol. The highest BCUT2D eigenvalue weighted by atomic mass is 16.5. The van der Waals surface area contributed by atoms with Gasteiger partial charge in [-0.25, -0.2) is 9.97 Å². The highest BCUT2D eigenvalue weighted by molar-refractivity contribution is 5.93. The summed E-state index contributed by atoms with van der Waals surface area (Å²) < 4.78 is 7.64. The third-order valence-corrected chi connectivity index (χ3v) is 5.41. The summed E-state index contributed by atoms with van der Waals surface area (Å²) in [5.41, 5.74) is 5.77. The molecule has 0 spiro atoms. The highest BCUT2D eigenvalue weighted by Gasteiger charge is 2.18. The number of aryl methyl sites for hydroxylation is 2. The van der Waals surface area contributed by atoms with E-state index in [-0.39, 0.29) is 0 Å². The van der Waals surface area contributed by atoms with Crippen LogP contribution < -0.4 is 5.32 Å². The first-order valence-electron chi connectivity index (χ1n) is 9.59. The molecule has 6 heteroatoms. The lowest BCUT2D eigenvalue weighted by atomic mass is 10.2. The predicted molar refractivity (Wildman–Crippen MR) is 109 cm³/mol. The maximum absolute atomic E-state index is 5.42. The van der Waals surface area contributed by atoms with Crippen LogP contribution in [0.1, 0.15) is 16.8 Å². The normalized spacial score (nSPS) is 15.4. The number of hydrogen-bond donors (Lipinski definition) is 1. The Hall–Kier alpha value is -2.44. The zero-order valence-corrected chi connectivity index (χ0v) is 16.3. The molecule has 0 radical (unpaired) electrons. The summed E-state index contributed by atoms with van der Waals surface area (Å²) in [6.07, 6.45) is 1.66. The smallest absolute Gasteiger partial charge is 0.150 e. The van der Waals surface area contributed by atoms with Crippen molar-refractivity contribution in [3.8, 4) is 5.69 Å². The quantitative estimate of drug-likeness (QED) is 0.753. The summed E-state index contributed by atoms with van der Waals surface area (Å²) in [6, 6.07) is 8.57. The summed E-state index contributed by atoms with van der Waals surface area (Å²) in [6.45, 7) is 11.9. The molecule has 0 saturated carbocycles. The molecule has 1 aliphatic rings. The Morgan fingerprint density at radius 2 is 1.78 bits per heavy atom. The van der Waals surface area contributed by atoms with E-state index in [1.807, 2.05) is 0 Å². The predicted octanol–water partition coefficient (Wildman–Crippen LogP) is 3.09. The number of aromatic nitrogens is 3. The minimum atomic E-state index is 0.829. The van der Waals surface area contributed by atoms with E-state index in [0.717, 1.165) is 61.9 Å². The number of benzene rings is 1. The maximum Gasteiger partial charge on any atom is 0.150 e. The number of morpholine rings is 1. The van der Waals surface area contributed by atoms with E-state index in [1.165, 1.54) is 16.8 Å². The van der Waals surface area contributed by atoms with Gasteiger partial charge in [0.15, 0.2) is 5.65 Å². The monoisotopic (exact) mass is 365 g/mol. The fraction of sp³-hybridized carbons (Fsp3) is 0.429. The second-order valence-corrected chi connectivity index (χ2v) is 7.18. The van der Waals surface area contributed by atoms with Gasteiger partial charge in [-0.05, 0) is 38.5 Å². The Bertz CT molecular complexity index is 926. The molecule has 0 bridgehead atoms. The van der Waals surface area contributed by atoms with Crippen molar-refractivity contribution >= 4 is 16.9 Å². The first-order chi connectivity index (χ1) is 13.1. The molecule has 0 atom stereocenters. The van der Waals surface area contributed by atoms with Crippen LogP contribution in [0.25, 0.3) is 16.7 Å². The second kappa shape index (κ2) is 7.66. The lowest BCUT2D eigenvalue weighted by molar-refractivity contribution is 0.0398. The van der Waals surface area contributed by atoms with E-state index in [4.69, 9.17) is 4.74 Å². The van der Waals surface area contributed by atoms with Crippen molar-refractivity contribution in [2.75, 3.05) is 44.7 Å². The van der Waals surface area contributed by atoms with Crippen LogP contribution in [0.2, 0.25) is 0 Å². The lowest BCUT2D eigenvalue weighted by Gasteiger charge is -2.26. The fourth-order valence-electron chi connectivity index (χ4n) is 3.70. The molecule has 0 amide bonds. The van der Waals surface area contributed by atoms with Crippen LogP contribution in [0, 0.1) is 20.8 Å². The molecule has 6 nitrogen and oxygen atoms in total. The number of nitrogens with zero attached hydrogens (tertiary/aromatic N) is 4. The van der Waals surface area contributed by atoms with Gasteiger partial charge in [0.25, 0.3) is 0 Å². The van der Waals surface area contributed by atoms with Crippen LogP contribution in [0.4, 0.5) is 5.82 Å². The first-order valence-corrected chi connectivity index (χ1v) is 9.59. The van der Waals surface area contributed by atoms with Gasteiger partial charge in [0.2, 0.25) is 0 Å². The van der Waals surface area contributed by atoms with Crippen molar-refractivity contribution < 1.29 is 4.74 Å². The van der Waals surface area contributed by atoms with Gasteiger partial charge in [-0.15, -0.1) is 0 Å². The molecule has 142 valence electrons. The van der Waals surface area contributed by atoms with Gasteiger partial charge in [0.05, 0.1) is 18.6 Å². The third kappa shape index (κ3) is 3.55. The Labute approximate surface area is 160 Å². The van der Waals surface area contributed by atoms with Crippen LogP contribution in [-0.2, 0) is 4.74 Å². The van der Waals surface area contributed by atoms with Gasteiger partial charge in [0.1, 0.15) is 12.1 Å². The molecule has 1 N–H and O–H groups in total. The fourth-order valence-corrected chi connectivity index (χ4v) is 3.70. The van der Waals surface area contributed by atoms with Crippen LogP contribution >= 0.6 is 0 Å². The van der Waals surface area contributed by atoms with Crippen molar-refractivity contribution in [2.45, 2.75) is 20.8 Å². The molecule has 3 heterocycles. The minimum absolute atomic E-state index is 0.829. The summed E-state index contributed by atoms with van der Waals surface area (Å²) in [5, 5.41) is 4.64. The number of hydrogen-bond acceptors (Lipinski definition) is 5. The molecule has 0 aliphatic carbocycles. The average molecular weight is 365 g/mol. The van der Waals surface area contributed by atoms with Crippen molar-refractivity contribution in [1.82, 2.24) is 19.4 Å². The van der Waals surface area contributed by atoms with Crippen molar-refractivity contribution in [3.05, 3.63) is 47.4 Å². The molecule has 27 heavy (non-hydrogen) atoms. The van der Waals surface area contributed by atoms with Crippen LogP contribution in [-0.4, -0.2) is 58.8 Å². The summed E-state index contributed by atoms with van der Waals surface area (Å²) in [5.74, 6) is 0.916. The van der Waals surface area contributed by atoms with Crippen molar-refractivity contribution in [3.63, 3.8) is 0 Å². The van der Waals surface area contributed by atoms with E-state index in [1.54, 1.807) is 6.33 Å². The largest absolute Gasteiger partial charge is 0.379 e. The standard InChI is InChI=1S/C21H27N5O/c1-15-4-6-18(7-5-15)26-17(3)16(2)19-20(23-14-24-21(19)26)22-8-9-25-10-12-27-13-11-25/h4-7,14H,8-13H2,1-3H3,(H,22,23,24). The van der Waals surface area contributed by atoms with E-state index < -0.39 is 0 Å². The van der Waals surface area contributed by atoms with Gasteiger partial charge in [-0.1, -0.05) is 17.7 Å². The zero-order valence-electron chi connectivity index (χ0n) is 16.3. The Morgan fingerprint density at radius 1 is 1.04 bits per heavy atom. The maximum atomic E-state index is 5.42. The summed E-state index contributed by atoms with van der Waals surface area (Å²) in [4.78, 5) is 11.6. The van der Waals surface area contributed by atoms with Gasteiger partial charge in [0, 0.05) is 37.6 Å². The van der Waals surface area contributed by atoms with Gasteiger partial charge < -0.3 is 10.1 Å². The van der Waals surface area contributed by atoms with Gasteiger partial charge in [-0.2, -0.15) is 0 Å². The van der Waals surface area contributed by atoms with Crippen molar-refractivity contribution in [2.24, 2.45) is 0 Å². The summed E-state index contributed by atoms with van der Waals surface area (Å²) >= 11 is 0. The van der Waals surface area contributed by atoms with Crippen LogP contribution in [0.3, 0.4) is 0 Å². The second-order valence-electron chi connectivity index (χ2n) is 7.18. The molecular formula is C21H27N5O. The van der Waals surface area contributed by atoms with Gasteiger partial charge >= 0.3 is 0 Å². The Balaban J connectivity index is 1.63. The number of fused-ring (bicyclic) bond motifs is 1. The van der Waals surface area contributed by atoms with E-state index in [9.17, 15) is 0 Å². The number of nitrogens with one attached hydrogen (secondary N) is 1. The minimum Gasteiger partial charge on any atom is -0.379 e. The molecule has 0 unspecified atom stereocenters. The zero-order chi connectivity index (χ0) is 18.8. The molecule has 1 aliphatic heterocycles. The number of rotatable bonds is 5. The van der Waals surface area contributed by atoms with E-state index in [2.05, 4.69) is 69.8 Å². The first kappa shape index (κ1) is 17.9. The third-order valence-electron chi connectivity index (χ3n) is 5.41. The Morgan fingerprint density at radius 3 is 2.52 bits per heavy atom. The molecule has 1 aromatic carbocycles. The van der Waals surface area contributed by atoms with Gasteiger partial charge in [-0.3, -0.25) is 9.47 Å². The lowest BCUT2D eigenvalue weighted by Crippen LogP contribution is -2.39. The van der Waals surface area contributed by atoms with Crippen LogP contribution in [0.5, 0.6) is 0 Å². The molecule has 1 fully saturated rings. The number of anilines is 1. The summed E-state index contributed by atoms with van der Waals surface area (Å²) in [7, 11) is 0. The average Bonchev–Trinajstić information content (AvgIpc) is 2.95. The van der Waals surface area contributed by atoms with E-state index >= 15 is 0 Å². The molecule has 2 aromatic heterocycles. The molecule has 4 rings (SSSR count). The topological polar surface area (TPSA) is 55.2 Å².